The maximum Gasteiger partial charge on any atom is 0.219 e. The Balaban J connectivity index is 0.00000288. The molecule has 0 aliphatic carbocycles. The molecular weight excluding hydrogens is 375 g/mol. The van der Waals surface area contributed by atoms with E-state index < -0.39 is 0 Å². The van der Waals surface area contributed by atoms with Crippen LogP contribution in [0.4, 0.5) is 0 Å². The minimum absolute atomic E-state index is 0. The Kier molecular flexibility index (Phi) is 14.7. The molecule has 1 aliphatic rings. The Morgan fingerprint density at radius 3 is 2.32 bits per heavy atom. The number of halogens is 2. The van der Waals surface area contributed by atoms with Crippen LogP contribution in [-0.2, 0) is 6.42 Å². The molecule has 1 fully saturated rings. The number of aryl methyl sites for hydroxylation is 1. The van der Waals surface area contributed by atoms with E-state index in [9.17, 15) is 4.79 Å². The van der Waals surface area contributed by atoms with E-state index in [1.807, 2.05) is 12.1 Å². The molecule has 0 radical (unpaired) electrons. The molecule has 0 unspecified atom stereocenters. The highest BCUT2D eigenvalue weighted by molar-refractivity contribution is 8.14. The van der Waals surface area contributed by atoms with Crippen molar-refractivity contribution in [1.82, 2.24) is 4.90 Å². The third-order valence-electron chi connectivity index (χ3n) is 4.41. The van der Waals surface area contributed by atoms with Crippen molar-refractivity contribution >= 4 is 41.7 Å². The summed E-state index contributed by atoms with van der Waals surface area (Å²) in [5, 5.41) is 0.206. The van der Waals surface area contributed by atoms with Gasteiger partial charge in [-0.15, -0.1) is 24.8 Å². The molecule has 0 amide bonds. The largest absolute Gasteiger partial charge is 0.330 e. The Labute approximate surface area is 169 Å². The first-order chi connectivity index (χ1) is 11.3. The average molecular weight is 407 g/mol. The number of likely N-dealkylation sites (tertiary alicyclic amines) is 1. The van der Waals surface area contributed by atoms with Crippen LogP contribution in [0.5, 0.6) is 0 Å². The van der Waals surface area contributed by atoms with Crippen LogP contribution >= 0.6 is 36.6 Å². The molecule has 1 aliphatic heterocycles. The zero-order valence-electron chi connectivity index (χ0n) is 15.0. The van der Waals surface area contributed by atoms with Crippen molar-refractivity contribution in [2.24, 2.45) is 5.73 Å². The SMILES string of the molecule is Cl.Cl.NCCCCc1ccc(C(=O)SCCCN2CCCCC2)cc1. The van der Waals surface area contributed by atoms with Crippen molar-refractivity contribution < 1.29 is 4.79 Å². The number of nitrogens with zero attached hydrogens (tertiary/aromatic N) is 1. The number of carbonyl (C=O) groups is 1. The van der Waals surface area contributed by atoms with Gasteiger partial charge in [0.25, 0.3) is 0 Å². The first kappa shape index (κ1) is 24.7. The van der Waals surface area contributed by atoms with Gasteiger partial charge in [0.1, 0.15) is 0 Å². The molecule has 25 heavy (non-hydrogen) atoms. The summed E-state index contributed by atoms with van der Waals surface area (Å²) in [5.41, 5.74) is 7.64. The minimum atomic E-state index is 0. The van der Waals surface area contributed by atoms with Gasteiger partial charge in [0.15, 0.2) is 0 Å². The second kappa shape index (κ2) is 14.9. The molecule has 0 bridgehead atoms. The summed E-state index contributed by atoms with van der Waals surface area (Å²) < 4.78 is 0. The van der Waals surface area contributed by atoms with Gasteiger partial charge in [-0.2, -0.15) is 0 Å². The second-order valence-corrected chi connectivity index (χ2v) is 7.40. The predicted octanol–water partition coefficient (Wildman–Crippen LogP) is 4.56. The number of piperidine rings is 1. The van der Waals surface area contributed by atoms with Gasteiger partial charge in [-0.1, -0.05) is 42.4 Å². The van der Waals surface area contributed by atoms with Crippen LogP contribution in [0.3, 0.4) is 0 Å². The monoisotopic (exact) mass is 406 g/mol. The normalized spacial score (nSPS) is 14.4. The Morgan fingerprint density at radius 2 is 1.68 bits per heavy atom. The van der Waals surface area contributed by atoms with Crippen molar-refractivity contribution in [2.45, 2.75) is 44.9 Å². The topological polar surface area (TPSA) is 46.3 Å². The van der Waals surface area contributed by atoms with Crippen molar-refractivity contribution in [1.29, 1.82) is 0 Å². The highest BCUT2D eigenvalue weighted by Crippen LogP contribution is 2.16. The van der Waals surface area contributed by atoms with Crippen LogP contribution in [0.1, 0.15) is 54.4 Å². The minimum Gasteiger partial charge on any atom is -0.330 e. The average Bonchev–Trinajstić information content (AvgIpc) is 2.60. The quantitative estimate of drug-likeness (QED) is 0.610. The van der Waals surface area contributed by atoms with Crippen molar-refractivity contribution in [3.8, 4) is 0 Å². The fraction of sp³-hybridized carbons (Fsp3) is 0.632. The molecule has 1 aromatic carbocycles. The second-order valence-electron chi connectivity index (χ2n) is 6.33. The first-order valence-electron chi connectivity index (χ1n) is 8.98. The molecule has 0 saturated carbocycles. The lowest BCUT2D eigenvalue weighted by molar-refractivity contribution is 0.108. The molecule has 1 heterocycles. The zero-order chi connectivity index (χ0) is 16.3. The number of thioether (sulfide) groups is 1. The highest BCUT2D eigenvalue weighted by atomic mass is 35.5. The number of nitrogens with two attached hydrogens (primary N) is 1. The molecule has 6 heteroatoms. The summed E-state index contributed by atoms with van der Waals surface area (Å²) in [4.78, 5) is 14.7. The summed E-state index contributed by atoms with van der Waals surface area (Å²) in [6.07, 6.45) is 8.39. The molecule has 0 atom stereocenters. The van der Waals surface area contributed by atoms with Crippen LogP contribution in [0, 0.1) is 0 Å². The number of carbonyl (C=O) groups excluding carboxylic acids is 1. The lowest BCUT2D eigenvalue weighted by Crippen LogP contribution is -2.30. The van der Waals surface area contributed by atoms with E-state index in [-0.39, 0.29) is 29.9 Å². The van der Waals surface area contributed by atoms with Crippen LogP contribution in [0.15, 0.2) is 24.3 Å². The molecular formula is C19H32Cl2N2OS. The predicted molar refractivity (Wildman–Crippen MR) is 115 cm³/mol. The van der Waals surface area contributed by atoms with Gasteiger partial charge in [0, 0.05) is 11.3 Å². The lowest BCUT2D eigenvalue weighted by Gasteiger charge is -2.26. The zero-order valence-corrected chi connectivity index (χ0v) is 17.4. The molecule has 0 aromatic heterocycles. The molecule has 1 aromatic rings. The maximum atomic E-state index is 12.2. The Hall–Kier alpha value is -0.260. The van der Waals surface area contributed by atoms with Crippen LogP contribution in [0.25, 0.3) is 0 Å². The fourth-order valence-electron chi connectivity index (χ4n) is 3.00. The Morgan fingerprint density at radius 1 is 1.00 bits per heavy atom. The standard InChI is InChI=1S/C19H30N2OS.2ClH/c20-12-3-2-7-17-8-10-18(11-9-17)19(22)23-16-6-15-21-13-4-1-5-14-21;;/h8-11H,1-7,12-16,20H2;2*1H. The molecule has 1 saturated heterocycles. The molecule has 144 valence electrons. The van der Waals surface area contributed by atoms with Crippen molar-refractivity contribution in [2.75, 3.05) is 31.9 Å². The molecule has 2 rings (SSSR count). The van der Waals surface area contributed by atoms with Crippen LogP contribution < -0.4 is 5.73 Å². The van der Waals surface area contributed by atoms with Gasteiger partial charge < -0.3 is 10.6 Å². The first-order valence-corrected chi connectivity index (χ1v) is 9.96. The number of unbranched alkanes of at least 4 members (excludes halogenated alkanes) is 1. The molecule has 3 nitrogen and oxygen atoms in total. The highest BCUT2D eigenvalue weighted by Gasteiger charge is 2.10. The summed E-state index contributed by atoms with van der Waals surface area (Å²) >= 11 is 1.46. The molecule has 2 N–H and O–H groups in total. The third-order valence-corrected chi connectivity index (χ3v) is 5.40. The summed E-state index contributed by atoms with van der Waals surface area (Å²) in [5.74, 6) is 0.924. The van der Waals surface area contributed by atoms with E-state index in [1.165, 1.54) is 49.7 Å². The maximum absolute atomic E-state index is 12.2. The van der Waals surface area contributed by atoms with E-state index in [0.29, 0.717) is 0 Å². The van der Waals surface area contributed by atoms with Gasteiger partial charge in [-0.3, -0.25) is 4.79 Å². The Bertz CT molecular complexity index is 465. The van der Waals surface area contributed by atoms with Gasteiger partial charge in [0.05, 0.1) is 0 Å². The lowest BCUT2D eigenvalue weighted by atomic mass is 10.1. The third kappa shape index (κ3) is 9.86. The summed E-state index contributed by atoms with van der Waals surface area (Å²) in [7, 11) is 0. The van der Waals surface area contributed by atoms with Crippen LogP contribution in [0.2, 0.25) is 0 Å². The number of benzene rings is 1. The van der Waals surface area contributed by atoms with E-state index in [0.717, 1.165) is 50.1 Å². The van der Waals surface area contributed by atoms with E-state index in [2.05, 4.69) is 17.0 Å². The smallest absolute Gasteiger partial charge is 0.219 e. The fourth-order valence-corrected chi connectivity index (χ4v) is 3.76. The van der Waals surface area contributed by atoms with Crippen molar-refractivity contribution in [3.63, 3.8) is 0 Å². The van der Waals surface area contributed by atoms with Gasteiger partial charge in [-0.25, -0.2) is 0 Å². The number of rotatable bonds is 9. The van der Waals surface area contributed by atoms with E-state index >= 15 is 0 Å². The van der Waals surface area contributed by atoms with Gasteiger partial charge in [0.2, 0.25) is 5.12 Å². The van der Waals surface area contributed by atoms with Crippen molar-refractivity contribution in [3.05, 3.63) is 35.4 Å². The summed E-state index contributed by atoms with van der Waals surface area (Å²) in [6.45, 7) is 4.37. The number of hydrogen-bond donors (Lipinski definition) is 1. The molecule has 0 spiro atoms. The van der Waals surface area contributed by atoms with Crippen LogP contribution in [-0.4, -0.2) is 41.9 Å². The summed E-state index contributed by atoms with van der Waals surface area (Å²) in [6, 6.07) is 8.10. The van der Waals surface area contributed by atoms with E-state index in [4.69, 9.17) is 5.73 Å². The van der Waals surface area contributed by atoms with E-state index in [1.54, 1.807) is 0 Å². The van der Waals surface area contributed by atoms with Gasteiger partial charge >= 0.3 is 0 Å². The van der Waals surface area contributed by atoms with Gasteiger partial charge in [-0.05, 0) is 70.3 Å². The number of hydrogen-bond acceptors (Lipinski definition) is 4.